The summed E-state index contributed by atoms with van der Waals surface area (Å²) in [6.45, 7) is 4.18. The Kier molecular flexibility index (Phi) is 5.57. The van der Waals surface area contributed by atoms with Crippen LogP contribution >= 0.6 is 23.2 Å². The summed E-state index contributed by atoms with van der Waals surface area (Å²) >= 11 is 12.8. The SMILES string of the molecule is COc1cc(OC)cc(-c2nc3n(n2)C(c2ccc(Cl)cc2Cl)C2=C(CC(C)(C)CC2=O)N3)c1. The summed E-state index contributed by atoms with van der Waals surface area (Å²) in [4.78, 5) is 18.2. The highest BCUT2D eigenvalue weighted by Crippen LogP contribution is 2.47. The number of ketones is 1. The number of carbonyl (C=O) groups excluding carboxylic acids is 1. The third-order valence-corrected chi connectivity index (χ3v) is 6.76. The van der Waals surface area contributed by atoms with Gasteiger partial charge in [-0.2, -0.15) is 4.98 Å². The molecule has 0 saturated heterocycles. The lowest BCUT2D eigenvalue weighted by atomic mass is 9.73. The second-order valence-electron chi connectivity index (χ2n) is 9.33. The minimum Gasteiger partial charge on any atom is -0.497 e. The number of halogens is 2. The van der Waals surface area contributed by atoms with E-state index >= 15 is 0 Å². The molecule has 2 heterocycles. The lowest BCUT2D eigenvalue weighted by Gasteiger charge is -2.38. The Labute approximate surface area is 207 Å². The molecule has 1 unspecified atom stereocenters. The maximum Gasteiger partial charge on any atom is 0.226 e. The van der Waals surface area contributed by atoms with E-state index in [1.54, 1.807) is 37.1 Å². The molecule has 2 aromatic carbocycles. The molecule has 3 aromatic rings. The second-order valence-corrected chi connectivity index (χ2v) is 10.2. The van der Waals surface area contributed by atoms with Gasteiger partial charge in [-0.1, -0.05) is 43.1 Å². The lowest BCUT2D eigenvalue weighted by molar-refractivity contribution is -0.118. The van der Waals surface area contributed by atoms with Gasteiger partial charge in [-0.25, -0.2) is 4.68 Å². The van der Waals surface area contributed by atoms with E-state index in [9.17, 15) is 4.79 Å². The van der Waals surface area contributed by atoms with Gasteiger partial charge in [-0.3, -0.25) is 4.79 Å². The topological polar surface area (TPSA) is 78.3 Å². The molecule has 0 radical (unpaired) electrons. The van der Waals surface area contributed by atoms with Crippen molar-refractivity contribution in [3.8, 4) is 22.9 Å². The first-order chi connectivity index (χ1) is 16.2. The first-order valence-corrected chi connectivity index (χ1v) is 11.6. The molecule has 2 aliphatic rings. The molecule has 1 N–H and O–H groups in total. The van der Waals surface area contributed by atoms with E-state index in [0.29, 0.717) is 51.7 Å². The summed E-state index contributed by atoms with van der Waals surface area (Å²) < 4.78 is 12.6. The van der Waals surface area contributed by atoms with Gasteiger partial charge in [0.2, 0.25) is 5.95 Å². The minimum absolute atomic E-state index is 0.0699. The number of fused-ring (bicyclic) bond motifs is 1. The van der Waals surface area contributed by atoms with E-state index in [0.717, 1.165) is 16.8 Å². The molecule has 0 fully saturated rings. The fourth-order valence-corrected chi connectivity index (χ4v) is 5.19. The van der Waals surface area contributed by atoms with Crippen LogP contribution in [0.2, 0.25) is 10.0 Å². The second kappa shape index (κ2) is 8.32. The monoisotopic (exact) mass is 498 g/mol. The normalized spacial score (nSPS) is 18.8. The molecule has 1 aliphatic carbocycles. The van der Waals surface area contributed by atoms with Gasteiger partial charge in [-0.15, -0.1) is 5.10 Å². The molecule has 0 amide bonds. The van der Waals surface area contributed by atoms with E-state index < -0.39 is 6.04 Å². The van der Waals surface area contributed by atoms with Crippen LogP contribution in [-0.2, 0) is 4.79 Å². The van der Waals surface area contributed by atoms with Crippen molar-refractivity contribution in [3.63, 3.8) is 0 Å². The number of allylic oxidation sites excluding steroid dienone is 2. The Bertz CT molecular complexity index is 1320. The summed E-state index contributed by atoms with van der Waals surface area (Å²) in [7, 11) is 3.19. The molecule has 0 spiro atoms. The van der Waals surface area contributed by atoms with E-state index in [1.165, 1.54) is 0 Å². The Morgan fingerprint density at radius 3 is 2.41 bits per heavy atom. The summed E-state index contributed by atoms with van der Waals surface area (Å²) in [6.07, 6.45) is 1.16. The molecule has 7 nitrogen and oxygen atoms in total. The van der Waals surface area contributed by atoms with Crippen molar-refractivity contribution >= 4 is 34.9 Å². The molecule has 9 heteroatoms. The summed E-state index contributed by atoms with van der Waals surface area (Å²) in [5, 5.41) is 9.18. The largest absolute Gasteiger partial charge is 0.497 e. The van der Waals surface area contributed by atoms with E-state index in [2.05, 4.69) is 19.2 Å². The first kappa shape index (κ1) is 22.7. The standard InChI is InChI=1S/C25H24Cl2N4O3/c1-25(2)11-19-21(20(32)12-25)22(17-6-5-14(26)9-18(17)27)31-24(28-19)29-23(30-31)13-7-15(33-3)10-16(8-13)34-4/h5-10,22H,11-12H2,1-4H3,(H,28,29,30). The maximum absolute atomic E-state index is 13.4. The predicted molar refractivity (Wildman–Crippen MR) is 132 cm³/mol. The zero-order valence-corrected chi connectivity index (χ0v) is 20.8. The zero-order chi connectivity index (χ0) is 24.2. The number of carbonyl (C=O) groups is 1. The van der Waals surface area contributed by atoms with Crippen LogP contribution in [0.3, 0.4) is 0 Å². The fraction of sp³-hybridized carbons (Fsp3) is 0.320. The third kappa shape index (κ3) is 3.93. The Morgan fingerprint density at radius 2 is 1.76 bits per heavy atom. The number of aromatic nitrogens is 3. The van der Waals surface area contributed by atoms with Crippen LogP contribution < -0.4 is 14.8 Å². The molecule has 1 aliphatic heterocycles. The minimum atomic E-state index is -0.520. The number of nitrogens with one attached hydrogen (secondary N) is 1. The quantitative estimate of drug-likeness (QED) is 0.480. The average Bonchev–Trinajstić information content (AvgIpc) is 3.20. The third-order valence-electron chi connectivity index (χ3n) is 6.20. The molecule has 0 bridgehead atoms. The molecule has 1 aromatic heterocycles. The van der Waals surface area contributed by atoms with Gasteiger partial charge in [-0.05, 0) is 36.1 Å². The molecule has 1 atom stereocenters. The molecule has 0 saturated carbocycles. The summed E-state index contributed by atoms with van der Waals surface area (Å²) in [5.74, 6) is 2.34. The number of methoxy groups -OCH3 is 2. The molecular weight excluding hydrogens is 475 g/mol. The van der Waals surface area contributed by atoms with Crippen LogP contribution in [-0.4, -0.2) is 34.8 Å². The van der Waals surface area contributed by atoms with Gasteiger partial charge >= 0.3 is 0 Å². The van der Waals surface area contributed by atoms with Gasteiger partial charge in [0, 0.05) is 44.9 Å². The van der Waals surface area contributed by atoms with Crippen molar-refractivity contribution in [3.05, 3.63) is 63.3 Å². The highest BCUT2D eigenvalue weighted by Gasteiger charge is 2.42. The number of rotatable bonds is 4. The van der Waals surface area contributed by atoms with Crippen molar-refractivity contribution in [2.75, 3.05) is 19.5 Å². The highest BCUT2D eigenvalue weighted by molar-refractivity contribution is 6.35. The molecule has 176 valence electrons. The van der Waals surface area contributed by atoms with Crippen LogP contribution in [0, 0.1) is 5.41 Å². The summed E-state index contributed by atoms with van der Waals surface area (Å²) in [5.41, 5.74) is 2.82. The van der Waals surface area contributed by atoms with Crippen molar-refractivity contribution in [2.24, 2.45) is 5.41 Å². The number of hydrogen-bond donors (Lipinski definition) is 1. The maximum atomic E-state index is 13.4. The van der Waals surface area contributed by atoms with Gasteiger partial charge < -0.3 is 14.8 Å². The Hall–Kier alpha value is -3.03. The van der Waals surface area contributed by atoms with Gasteiger partial charge in [0.15, 0.2) is 11.6 Å². The molecule has 5 rings (SSSR count). The number of nitrogens with zero attached hydrogens (tertiary/aromatic N) is 3. The average molecular weight is 499 g/mol. The Balaban J connectivity index is 1.70. The van der Waals surface area contributed by atoms with E-state index in [-0.39, 0.29) is 11.2 Å². The van der Waals surface area contributed by atoms with Crippen LogP contribution in [0.4, 0.5) is 5.95 Å². The van der Waals surface area contributed by atoms with E-state index in [4.69, 9.17) is 42.8 Å². The van der Waals surface area contributed by atoms with Gasteiger partial charge in [0.1, 0.15) is 17.5 Å². The van der Waals surface area contributed by atoms with Crippen LogP contribution in [0.25, 0.3) is 11.4 Å². The number of benzene rings is 2. The lowest BCUT2D eigenvalue weighted by Crippen LogP contribution is -2.36. The first-order valence-electron chi connectivity index (χ1n) is 10.9. The number of ether oxygens (including phenoxy) is 2. The van der Waals surface area contributed by atoms with Gasteiger partial charge in [0.25, 0.3) is 0 Å². The predicted octanol–water partition coefficient (Wildman–Crippen LogP) is 5.93. The molecular formula is C25H24Cl2N4O3. The van der Waals surface area contributed by atoms with Crippen molar-refractivity contribution < 1.29 is 14.3 Å². The van der Waals surface area contributed by atoms with Crippen LogP contribution in [0.5, 0.6) is 11.5 Å². The number of hydrogen-bond acceptors (Lipinski definition) is 6. The Morgan fingerprint density at radius 1 is 1.06 bits per heavy atom. The number of anilines is 1. The van der Waals surface area contributed by atoms with Crippen LogP contribution in [0.1, 0.15) is 38.3 Å². The van der Waals surface area contributed by atoms with Crippen LogP contribution in [0.15, 0.2) is 47.7 Å². The molecule has 34 heavy (non-hydrogen) atoms. The van der Waals surface area contributed by atoms with Gasteiger partial charge in [0.05, 0.1) is 14.2 Å². The zero-order valence-electron chi connectivity index (χ0n) is 19.3. The number of Topliss-reactive ketones (excluding diaryl/α,β-unsaturated/α-hetero) is 1. The van der Waals surface area contributed by atoms with Crippen molar-refractivity contribution in [2.45, 2.75) is 32.7 Å². The van der Waals surface area contributed by atoms with Crippen molar-refractivity contribution in [1.29, 1.82) is 0 Å². The summed E-state index contributed by atoms with van der Waals surface area (Å²) in [6, 6.07) is 10.3. The fourth-order valence-electron chi connectivity index (χ4n) is 4.68. The smallest absolute Gasteiger partial charge is 0.226 e. The van der Waals surface area contributed by atoms with Crippen molar-refractivity contribution in [1.82, 2.24) is 14.8 Å². The van der Waals surface area contributed by atoms with E-state index in [1.807, 2.05) is 18.2 Å². The highest BCUT2D eigenvalue weighted by atomic mass is 35.5.